The summed E-state index contributed by atoms with van der Waals surface area (Å²) in [6.07, 6.45) is 2.01. The zero-order valence-corrected chi connectivity index (χ0v) is 17.3. The minimum atomic E-state index is -1.09. The number of fused-ring (bicyclic) bond motifs is 1. The average molecular weight is 419 g/mol. The Balaban J connectivity index is 1.57. The zero-order chi connectivity index (χ0) is 21.7. The summed E-state index contributed by atoms with van der Waals surface area (Å²) in [5, 5.41) is 14.1. The number of nitrogens with one attached hydrogen (secondary N) is 2. The van der Waals surface area contributed by atoms with Crippen molar-refractivity contribution in [2.45, 2.75) is 45.2 Å². The predicted octanol–water partition coefficient (Wildman–Crippen LogP) is 1.92. The van der Waals surface area contributed by atoms with E-state index in [2.05, 4.69) is 10.6 Å². The fourth-order valence-corrected chi connectivity index (χ4v) is 3.84. The standard InChI is InChI=1S/C21H29N3O6/c1-13(2)10-15(20(26)27)23-21(28)22-12-19(25)24-7-3-4-16(24)14-5-6-17-18(11-14)30-9-8-29-17/h5-6,11,13,15-16H,3-4,7-10,12H2,1-2H3,(H,26,27)(H2,22,23,28). The summed E-state index contributed by atoms with van der Waals surface area (Å²) in [4.78, 5) is 37.8. The van der Waals surface area contributed by atoms with Gasteiger partial charge in [-0.15, -0.1) is 0 Å². The van der Waals surface area contributed by atoms with E-state index in [-0.39, 0.29) is 24.4 Å². The summed E-state index contributed by atoms with van der Waals surface area (Å²) in [6.45, 7) is 5.19. The lowest BCUT2D eigenvalue weighted by Gasteiger charge is -2.27. The third-order valence-corrected chi connectivity index (χ3v) is 5.23. The maximum atomic E-state index is 12.7. The van der Waals surface area contributed by atoms with Crippen LogP contribution in [0.15, 0.2) is 18.2 Å². The van der Waals surface area contributed by atoms with Crippen LogP contribution in [-0.2, 0) is 9.59 Å². The van der Waals surface area contributed by atoms with E-state index in [4.69, 9.17) is 9.47 Å². The van der Waals surface area contributed by atoms with Gasteiger partial charge in [0.15, 0.2) is 11.5 Å². The molecular weight excluding hydrogens is 390 g/mol. The number of carbonyl (C=O) groups excluding carboxylic acids is 2. The van der Waals surface area contributed by atoms with Crippen LogP contribution in [0.3, 0.4) is 0 Å². The molecule has 9 nitrogen and oxygen atoms in total. The van der Waals surface area contributed by atoms with Gasteiger partial charge in [-0.1, -0.05) is 19.9 Å². The number of aliphatic carboxylic acids is 1. The number of carbonyl (C=O) groups is 3. The first-order valence-electron chi connectivity index (χ1n) is 10.3. The van der Waals surface area contributed by atoms with E-state index >= 15 is 0 Å². The molecular formula is C21H29N3O6. The minimum Gasteiger partial charge on any atom is -0.486 e. The van der Waals surface area contributed by atoms with E-state index in [0.717, 1.165) is 18.4 Å². The number of nitrogens with zero attached hydrogens (tertiary/aromatic N) is 1. The van der Waals surface area contributed by atoms with E-state index in [0.29, 0.717) is 37.7 Å². The topological polar surface area (TPSA) is 117 Å². The molecule has 0 aromatic heterocycles. The molecule has 1 fully saturated rings. The largest absolute Gasteiger partial charge is 0.486 e. The van der Waals surface area contributed by atoms with Gasteiger partial charge in [0.25, 0.3) is 0 Å². The van der Waals surface area contributed by atoms with Crippen molar-refractivity contribution >= 4 is 17.9 Å². The van der Waals surface area contributed by atoms with Crippen molar-refractivity contribution < 1.29 is 29.0 Å². The number of hydrogen-bond acceptors (Lipinski definition) is 5. The van der Waals surface area contributed by atoms with Gasteiger partial charge in [-0.05, 0) is 42.9 Å². The molecule has 0 spiro atoms. The molecule has 2 aliphatic rings. The van der Waals surface area contributed by atoms with E-state index in [1.807, 2.05) is 32.0 Å². The van der Waals surface area contributed by atoms with Crippen LogP contribution in [0, 0.1) is 5.92 Å². The van der Waals surface area contributed by atoms with E-state index in [1.165, 1.54) is 0 Å². The second-order valence-electron chi connectivity index (χ2n) is 8.00. The summed E-state index contributed by atoms with van der Waals surface area (Å²) < 4.78 is 11.2. The molecule has 3 N–H and O–H groups in total. The molecule has 2 aliphatic heterocycles. The van der Waals surface area contributed by atoms with Gasteiger partial charge in [-0.3, -0.25) is 4.79 Å². The molecule has 164 valence electrons. The predicted molar refractivity (Wildman–Crippen MR) is 109 cm³/mol. The molecule has 0 aliphatic carbocycles. The first-order valence-corrected chi connectivity index (χ1v) is 10.3. The lowest BCUT2D eigenvalue weighted by Crippen LogP contribution is -2.49. The van der Waals surface area contributed by atoms with E-state index < -0.39 is 18.0 Å². The molecule has 3 rings (SSSR count). The van der Waals surface area contributed by atoms with Crippen LogP contribution in [0.5, 0.6) is 11.5 Å². The third kappa shape index (κ3) is 5.34. The Hall–Kier alpha value is -2.97. The van der Waals surface area contributed by atoms with Gasteiger partial charge in [0.05, 0.1) is 12.6 Å². The number of hydrogen-bond donors (Lipinski definition) is 3. The maximum Gasteiger partial charge on any atom is 0.326 e. The lowest BCUT2D eigenvalue weighted by atomic mass is 10.0. The quantitative estimate of drug-likeness (QED) is 0.622. The smallest absolute Gasteiger partial charge is 0.326 e. The first kappa shape index (κ1) is 21.7. The molecule has 3 amide bonds. The third-order valence-electron chi connectivity index (χ3n) is 5.23. The number of ether oxygens (including phenoxy) is 2. The van der Waals surface area contributed by atoms with Crippen LogP contribution >= 0.6 is 0 Å². The van der Waals surface area contributed by atoms with Crippen molar-refractivity contribution in [3.05, 3.63) is 23.8 Å². The molecule has 2 unspecified atom stereocenters. The van der Waals surface area contributed by atoms with Crippen LogP contribution in [0.2, 0.25) is 0 Å². The monoisotopic (exact) mass is 419 g/mol. The second kappa shape index (κ2) is 9.69. The maximum absolute atomic E-state index is 12.7. The van der Waals surface area contributed by atoms with Crippen molar-refractivity contribution in [3.8, 4) is 11.5 Å². The van der Waals surface area contributed by atoms with E-state index in [1.54, 1.807) is 4.90 Å². The van der Waals surface area contributed by atoms with Gasteiger partial charge in [-0.25, -0.2) is 9.59 Å². The van der Waals surface area contributed by atoms with E-state index in [9.17, 15) is 19.5 Å². The van der Waals surface area contributed by atoms with Crippen LogP contribution in [0.1, 0.15) is 44.7 Å². The van der Waals surface area contributed by atoms with Gasteiger partial charge in [0.2, 0.25) is 5.91 Å². The van der Waals surface area contributed by atoms with Crippen LogP contribution in [-0.4, -0.2) is 60.3 Å². The zero-order valence-electron chi connectivity index (χ0n) is 17.3. The Kier molecular flexibility index (Phi) is 7.02. The number of rotatable bonds is 7. The Morgan fingerprint density at radius 1 is 1.20 bits per heavy atom. The molecule has 1 aromatic carbocycles. The fourth-order valence-electron chi connectivity index (χ4n) is 3.84. The van der Waals surface area contributed by atoms with Gasteiger partial charge >= 0.3 is 12.0 Å². The van der Waals surface area contributed by atoms with Gasteiger partial charge in [-0.2, -0.15) is 0 Å². The van der Waals surface area contributed by atoms with Crippen LogP contribution in [0.25, 0.3) is 0 Å². The summed E-state index contributed by atoms with van der Waals surface area (Å²) in [5.74, 6) is 0.195. The highest BCUT2D eigenvalue weighted by atomic mass is 16.6. The highest BCUT2D eigenvalue weighted by Gasteiger charge is 2.31. The van der Waals surface area contributed by atoms with Crippen LogP contribution in [0.4, 0.5) is 4.79 Å². The average Bonchev–Trinajstić information content (AvgIpc) is 3.20. The number of carboxylic acid groups (broad SMARTS) is 1. The van der Waals surface area contributed by atoms with Gasteiger partial charge < -0.3 is 30.1 Å². The normalized spacial score (nSPS) is 18.8. The Morgan fingerprint density at radius 2 is 1.93 bits per heavy atom. The highest BCUT2D eigenvalue weighted by Crippen LogP contribution is 2.38. The number of amides is 3. The molecule has 0 bridgehead atoms. The SMILES string of the molecule is CC(C)CC(NC(=O)NCC(=O)N1CCCC1c1ccc2c(c1)OCCO2)C(=O)O. The van der Waals surface area contributed by atoms with Crippen molar-refractivity contribution in [1.82, 2.24) is 15.5 Å². The highest BCUT2D eigenvalue weighted by molar-refractivity contribution is 5.86. The number of urea groups is 1. The van der Waals surface area contributed by atoms with Crippen LogP contribution < -0.4 is 20.1 Å². The Labute approximate surface area is 175 Å². The fraction of sp³-hybridized carbons (Fsp3) is 0.571. The molecule has 30 heavy (non-hydrogen) atoms. The number of carboxylic acids is 1. The molecule has 2 heterocycles. The first-order chi connectivity index (χ1) is 14.3. The molecule has 0 radical (unpaired) electrons. The van der Waals surface area contributed by atoms with Crippen molar-refractivity contribution in [1.29, 1.82) is 0 Å². The minimum absolute atomic E-state index is 0.0918. The van der Waals surface area contributed by atoms with Crippen molar-refractivity contribution in [2.24, 2.45) is 5.92 Å². The molecule has 9 heteroatoms. The van der Waals surface area contributed by atoms with Crippen molar-refractivity contribution in [2.75, 3.05) is 26.3 Å². The number of likely N-dealkylation sites (tertiary alicyclic amines) is 1. The van der Waals surface area contributed by atoms with Gasteiger partial charge in [0.1, 0.15) is 19.3 Å². The summed E-state index contributed by atoms with van der Waals surface area (Å²) in [5.41, 5.74) is 0.970. The molecule has 0 saturated carbocycles. The Bertz CT molecular complexity index is 797. The molecule has 1 aromatic rings. The van der Waals surface area contributed by atoms with Crippen molar-refractivity contribution in [3.63, 3.8) is 0 Å². The molecule has 2 atom stereocenters. The van der Waals surface area contributed by atoms with Gasteiger partial charge in [0, 0.05) is 6.54 Å². The summed E-state index contributed by atoms with van der Waals surface area (Å²) in [7, 11) is 0. The lowest BCUT2D eigenvalue weighted by molar-refractivity contribution is -0.139. The summed E-state index contributed by atoms with van der Waals surface area (Å²) >= 11 is 0. The Morgan fingerprint density at radius 3 is 2.63 bits per heavy atom. The summed E-state index contributed by atoms with van der Waals surface area (Å²) in [6, 6.07) is 3.97. The number of benzene rings is 1. The molecule has 1 saturated heterocycles. The second-order valence-corrected chi connectivity index (χ2v) is 8.00.